The fourth-order valence-corrected chi connectivity index (χ4v) is 5.69. The van der Waals surface area contributed by atoms with Gasteiger partial charge in [0.25, 0.3) is 5.91 Å². The molecule has 10 heteroatoms. The van der Waals surface area contributed by atoms with Crippen LogP contribution in [0.5, 0.6) is 5.75 Å². The molecule has 0 saturated carbocycles. The van der Waals surface area contributed by atoms with Crippen molar-refractivity contribution in [3.8, 4) is 5.75 Å². The van der Waals surface area contributed by atoms with Crippen molar-refractivity contribution in [1.29, 1.82) is 0 Å². The fraction of sp³-hybridized carbons (Fsp3) is 0.280. The molecule has 0 radical (unpaired) electrons. The van der Waals surface area contributed by atoms with E-state index in [0.29, 0.717) is 45.6 Å². The second-order valence-electron chi connectivity index (χ2n) is 8.54. The number of nitrogens with zero attached hydrogens (tertiary/aromatic N) is 3. The highest BCUT2D eigenvalue weighted by molar-refractivity contribution is 7.21. The number of aryl methyl sites for hydroxylation is 1. The summed E-state index contributed by atoms with van der Waals surface area (Å²) >= 11 is 1.24. The zero-order valence-electron chi connectivity index (χ0n) is 19.5. The van der Waals surface area contributed by atoms with Crippen molar-refractivity contribution in [2.24, 2.45) is 0 Å². The Labute approximate surface area is 206 Å². The number of benzene rings is 1. The van der Waals surface area contributed by atoms with Crippen molar-refractivity contribution >= 4 is 56.5 Å². The van der Waals surface area contributed by atoms with Gasteiger partial charge in [0.05, 0.1) is 29.6 Å². The summed E-state index contributed by atoms with van der Waals surface area (Å²) < 4.78 is 5.30. The van der Waals surface area contributed by atoms with Crippen LogP contribution < -0.4 is 20.3 Å². The number of amides is 4. The van der Waals surface area contributed by atoms with Crippen LogP contribution in [0.2, 0.25) is 0 Å². The van der Waals surface area contributed by atoms with Crippen molar-refractivity contribution in [2.45, 2.75) is 25.8 Å². The molecule has 5 rings (SSSR count). The SMILES string of the molecule is C=CC(=O)N1CCCC(NC(=O)c2sc3nccc4c3c2NC(=O)N4c2ccc(OC)cc2C)C1. The number of urea groups is 1. The van der Waals surface area contributed by atoms with Crippen LogP contribution in [-0.4, -0.2) is 54.0 Å². The minimum atomic E-state index is -0.355. The monoisotopic (exact) mass is 491 g/mol. The molecule has 4 heterocycles. The first-order valence-electron chi connectivity index (χ1n) is 11.3. The number of hydrogen-bond acceptors (Lipinski definition) is 6. The summed E-state index contributed by atoms with van der Waals surface area (Å²) in [5.74, 6) is 0.270. The molecule has 3 aromatic rings. The molecule has 2 N–H and O–H groups in total. The fourth-order valence-electron chi connectivity index (χ4n) is 4.66. The third-order valence-corrected chi connectivity index (χ3v) is 7.44. The van der Waals surface area contributed by atoms with Crippen molar-refractivity contribution in [1.82, 2.24) is 15.2 Å². The Bertz CT molecular complexity index is 1370. The van der Waals surface area contributed by atoms with Gasteiger partial charge >= 0.3 is 6.03 Å². The van der Waals surface area contributed by atoms with Gasteiger partial charge < -0.3 is 20.3 Å². The maximum Gasteiger partial charge on any atom is 0.331 e. The quantitative estimate of drug-likeness (QED) is 0.521. The molecule has 0 aliphatic carbocycles. The number of ether oxygens (including phenoxy) is 1. The normalized spacial score (nSPS) is 17.2. The van der Waals surface area contributed by atoms with E-state index < -0.39 is 0 Å². The highest BCUT2D eigenvalue weighted by atomic mass is 32.1. The molecule has 2 aliphatic heterocycles. The summed E-state index contributed by atoms with van der Waals surface area (Å²) in [4.78, 5) is 47.4. The molecule has 9 nitrogen and oxygen atoms in total. The number of carbonyl (C=O) groups is 3. The van der Waals surface area contributed by atoms with E-state index in [2.05, 4.69) is 22.2 Å². The summed E-state index contributed by atoms with van der Waals surface area (Å²) in [6.07, 6.45) is 4.50. The molecule has 2 aromatic heterocycles. The van der Waals surface area contributed by atoms with Crippen LogP contribution in [0.4, 0.5) is 21.9 Å². The second kappa shape index (κ2) is 9.03. The van der Waals surface area contributed by atoms with Crippen molar-refractivity contribution < 1.29 is 19.1 Å². The Kier molecular flexibility index (Phi) is 5.89. The molecule has 1 fully saturated rings. The number of aromatic nitrogens is 1. The number of pyridine rings is 1. The average molecular weight is 492 g/mol. The summed E-state index contributed by atoms with van der Waals surface area (Å²) in [7, 11) is 1.60. The third kappa shape index (κ3) is 3.99. The molecule has 0 bridgehead atoms. The van der Waals surface area contributed by atoms with E-state index in [0.717, 1.165) is 23.8 Å². The van der Waals surface area contributed by atoms with Gasteiger partial charge in [-0.3, -0.25) is 14.5 Å². The topological polar surface area (TPSA) is 104 Å². The number of likely N-dealkylation sites (tertiary alicyclic amines) is 1. The van der Waals surface area contributed by atoms with Crippen LogP contribution in [0.1, 0.15) is 28.1 Å². The van der Waals surface area contributed by atoms with E-state index in [9.17, 15) is 14.4 Å². The van der Waals surface area contributed by atoms with E-state index in [1.54, 1.807) is 35.2 Å². The number of piperidine rings is 1. The largest absolute Gasteiger partial charge is 0.497 e. The Morgan fingerprint density at radius 1 is 1.31 bits per heavy atom. The van der Waals surface area contributed by atoms with Crippen molar-refractivity contribution in [3.63, 3.8) is 0 Å². The first-order chi connectivity index (χ1) is 16.9. The van der Waals surface area contributed by atoms with Crippen LogP contribution >= 0.6 is 11.3 Å². The highest BCUT2D eigenvalue weighted by Gasteiger charge is 2.34. The third-order valence-electron chi connectivity index (χ3n) is 6.34. The summed E-state index contributed by atoms with van der Waals surface area (Å²) in [5.41, 5.74) is 2.72. The van der Waals surface area contributed by atoms with E-state index in [1.807, 2.05) is 19.1 Å². The molecular formula is C25H25N5O4S. The number of rotatable bonds is 5. The Hall–Kier alpha value is -3.92. The lowest BCUT2D eigenvalue weighted by Crippen LogP contribution is -2.49. The Morgan fingerprint density at radius 2 is 2.14 bits per heavy atom. The van der Waals surface area contributed by atoms with Gasteiger partial charge in [0.15, 0.2) is 0 Å². The molecular weight excluding hydrogens is 466 g/mol. The van der Waals surface area contributed by atoms with E-state index in [-0.39, 0.29) is 23.9 Å². The highest BCUT2D eigenvalue weighted by Crippen LogP contribution is 2.46. The molecule has 1 saturated heterocycles. The Balaban J connectivity index is 1.48. The van der Waals surface area contributed by atoms with Crippen LogP contribution in [0.15, 0.2) is 43.1 Å². The average Bonchev–Trinajstić information content (AvgIpc) is 3.24. The van der Waals surface area contributed by atoms with E-state index >= 15 is 0 Å². The number of thiophene rings is 1. The lowest BCUT2D eigenvalue weighted by molar-refractivity contribution is -0.127. The molecule has 0 spiro atoms. The minimum Gasteiger partial charge on any atom is -0.497 e. The lowest BCUT2D eigenvalue weighted by atomic mass is 10.1. The number of carbonyl (C=O) groups excluding carboxylic acids is 3. The molecule has 1 unspecified atom stereocenters. The van der Waals surface area contributed by atoms with Gasteiger partial charge in [0, 0.05) is 25.3 Å². The van der Waals surface area contributed by atoms with Gasteiger partial charge in [-0.05, 0) is 55.7 Å². The number of anilines is 3. The predicted octanol–water partition coefficient (Wildman–Crippen LogP) is 4.20. The van der Waals surface area contributed by atoms with Crippen LogP contribution in [0, 0.1) is 6.92 Å². The Morgan fingerprint density at radius 3 is 2.89 bits per heavy atom. The van der Waals surface area contributed by atoms with Gasteiger partial charge in [-0.1, -0.05) is 6.58 Å². The maximum atomic E-state index is 13.3. The number of methoxy groups -OCH3 is 1. The molecule has 2 aliphatic rings. The van der Waals surface area contributed by atoms with Crippen LogP contribution in [-0.2, 0) is 4.79 Å². The smallest absolute Gasteiger partial charge is 0.331 e. The first-order valence-corrected chi connectivity index (χ1v) is 12.1. The first kappa shape index (κ1) is 22.9. The van der Waals surface area contributed by atoms with E-state index in [4.69, 9.17) is 4.74 Å². The van der Waals surface area contributed by atoms with Gasteiger partial charge in [-0.15, -0.1) is 11.3 Å². The van der Waals surface area contributed by atoms with Gasteiger partial charge in [0.2, 0.25) is 5.91 Å². The summed E-state index contributed by atoms with van der Waals surface area (Å²) in [5, 5.41) is 6.69. The lowest BCUT2D eigenvalue weighted by Gasteiger charge is -2.32. The van der Waals surface area contributed by atoms with Crippen molar-refractivity contribution in [2.75, 3.05) is 30.4 Å². The zero-order chi connectivity index (χ0) is 24.7. The van der Waals surface area contributed by atoms with Crippen molar-refractivity contribution in [3.05, 3.63) is 53.6 Å². The maximum absolute atomic E-state index is 13.3. The zero-order valence-corrected chi connectivity index (χ0v) is 20.3. The minimum absolute atomic E-state index is 0.143. The van der Waals surface area contributed by atoms with Crippen LogP contribution in [0.25, 0.3) is 10.2 Å². The van der Waals surface area contributed by atoms with E-state index in [1.165, 1.54) is 17.4 Å². The predicted molar refractivity (Wildman–Crippen MR) is 136 cm³/mol. The van der Waals surface area contributed by atoms with Gasteiger partial charge in [-0.25, -0.2) is 9.78 Å². The van der Waals surface area contributed by atoms with Crippen LogP contribution in [0.3, 0.4) is 0 Å². The molecule has 1 aromatic carbocycles. The molecule has 35 heavy (non-hydrogen) atoms. The standard InChI is InChI=1S/C25H25N5O4S/c1-4-19(31)29-11-5-6-15(13-29)27-23(32)22-21-20-18(9-10-26-24(20)35-22)30(25(33)28-21)17-8-7-16(34-3)12-14(17)2/h4,7-10,12,15H,1,5-6,11,13H2,2-3H3,(H,27,32)(H,28,33). The van der Waals surface area contributed by atoms with Gasteiger partial charge in [-0.2, -0.15) is 0 Å². The summed E-state index contributed by atoms with van der Waals surface area (Å²) in [6, 6.07) is 6.76. The molecule has 4 amide bonds. The molecule has 1 atom stereocenters. The van der Waals surface area contributed by atoms with Gasteiger partial charge in [0.1, 0.15) is 15.5 Å². The number of nitrogens with one attached hydrogen (secondary N) is 2. The molecule has 180 valence electrons. The summed E-state index contributed by atoms with van der Waals surface area (Å²) in [6.45, 7) is 6.53. The second-order valence-corrected chi connectivity index (χ2v) is 9.53. The number of hydrogen-bond donors (Lipinski definition) is 2.